The fourth-order valence-electron chi connectivity index (χ4n) is 1.08. The number of nitrogens with two attached hydrogens (primary N) is 1. The van der Waals surface area contributed by atoms with Crippen LogP contribution in [0.2, 0.25) is 0 Å². The molecule has 2 aromatic rings. The Morgan fingerprint density at radius 3 is 2.50 bits per heavy atom. The van der Waals surface area contributed by atoms with Crippen LogP contribution < -0.4 is 5.73 Å². The van der Waals surface area contributed by atoms with E-state index in [0.29, 0.717) is 11.5 Å². The van der Waals surface area contributed by atoms with Crippen LogP contribution >= 0.6 is 0 Å². The van der Waals surface area contributed by atoms with Gasteiger partial charge in [-0.1, -0.05) is 5.16 Å². The summed E-state index contributed by atoms with van der Waals surface area (Å²) >= 11 is 0. The highest BCUT2D eigenvalue weighted by Crippen LogP contribution is 2.15. The maximum atomic E-state index is 10.8. The van der Waals surface area contributed by atoms with Gasteiger partial charge in [0.15, 0.2) is 6.33 Å². The van der Waals surface area contributed by atoms with E-state index in [1.54, 1.807) is 24.3 Å². The van der Waals surface area contributed by atoms with Gasteiger partial charge in [0.25, 0.3) is 5.89 Å². The lowest BCUT2D eigenvalue weighted by Crippen LogP contribution is -2.10. The van der Waals surface area contributed by atoms with Gasteiger partial charge in [-0.05, 0) is 24.3 Å². The number of rotatable bonds is 2. The second kappa shape index (κ2) is 3.29. The van der Waals surface area contributed by atoms with E-state index in [2.05, 4.69) is 10.1 Å². The van der Waals surface area contributed by atoms with E-state index < -0.39 is 5.91 Å². The minimum absolute atomic E-state index is 0.418. The van der Waals surface area contributed by atoms with E-state index in [-0.39, 0.29) is 0 Å². The molecule has 2 rings (SSSR count). The number of carbonyl (C=O) groups is 1. The summed E-state index contributed by atoms with van der Waals surface area (Å²) in [6.45, 7) is 0. The zero-order chi connectivity index (χ0) is 9.97. The van der Waals surface area contributed by atoms with Gasteiger partial charge in [-0.15, -0.1) is 0 Å². The van der Waals surface area contributed by atoms with Crippen LogP contribution in [0, 0.1) is 0 Å². The fraction of sp³-hybridized carbons (Fsp3) is 0. The van der Waals surface area contributed by atoms with Gasteiger partial charge in [0.1, 0.15) is 0 Å². The topological polar surface area (TPSA) is 82.0 Å². The van der Waals surface area contributed by atoms with Gasteiger partial charge in [0.2, 0.25) is 5.91 Å². The van der Waals surface area contributed by atoms with Crippen molar-refractivity contribution in [2.24, 2.45) is 5.73 Å². The molecule has 2 N–H and O–H groups in total. The smallest absolute Gasteiger partial charge is 0.257 e. The number of benzene rings is 1. The number of hydrogen-bond acceptors (Lipinski definition) is 4. The first-order chi connectivity index (χ1) is 6.77. The number of hydrogen-bond donors (Lipinski definition) is 1. The van der Waals surface area contributed by atoms with Gasteiger partial charge in [-0.25, -0.2) is 0 Å². The summed E-state index contributed by atoms with van der Waals surface area (Å²) in [4.78, 5) is 14.6. The molecule has 0 fully saturated rings. The lowest BCUT2D eigenvalue weighted by molar-refractivity contribution is 0.100. The van der Waals surface area contributed by atoms with Crippen molar-refractivity contribution >= 4 is 5.91 Å². The van der Waals surface area contributed by atoms with Gasteiger partial charge < -0.3 is 10.3 Å². The Kier molecular flexibility index (Phi) is 1.98. The third-order valence-electron chi connectivity index (χ3n) is 1.78. The van der Waals surface area contributed by atoms with Crippen molar-refractivity contribution in [1.29, 1.82) is 0 Å². The Morgan fingerprint density at radius 2 is 2.00 bits per heavy atom. The molecule has 0 spiro atoms. The van der Waals surface area contributed by atoms with Crippen LogP contribution in [0.15, 0.2) is 35.1 Å². The van der Waals surface area contributed by atoms with E-state index >= 15 is 0 Å². The quantitative estimate of drug-likeness (QED) is 0.758. The molecule has 0 aliphatic rings. The first-order valence-corrected chi connectivity index (χ1v) is 3.94. The molecular weight excluding hydrogens is 182 g/mol. The molecule has 0 bridgehead atoms. The van der Waals surface area contributed by atoms with E-state index in [0.717, 1.165) is 5.56 Å². The Labute approximate surface area is 79.5 Å². The van der Waals surface area contributed by atoms with Gasteiger partial charge in [-0.3, -0.25) is 4.79 Å². The van der Waals surface area contributed by atoms with Crippen molar-refractivity contribution in [1.82, 2.24) is 10.1 Å². The van der Waals surface area contributed by atoms with Gasteiger partial charge in [0, 0.05) is 11.1 Å². The molecule has 14 heavy (non-hydrogen) atoms. The molecule has 1 aromatic heterocycles. The molecule has 0 aliphatic carbocycles. The maximum Gasteiger partial charge on any atom is 0.257 e. The normalized spacial score (nSPS) is 10.0. The van der Waals surface area contributed by atoms with Crippen molar-refractivity contribution in [3.8, 4) is 11.5 Å². The van der Waals surface area contributed by atoms with E-state index in [4.69, 9.17) is 10.3 Å². The van der Waals surface area contributed by atoms with Crippen LogP contribution in [0.3, 0.4) is 0 Å². The highest BCUT2D eigenvalue weighted by atomic mass is 16.5. The first kappa shape index (κ1) is 8.43. The third kappa shape index (κ3) is 1.47. The highest BCUT2D eigenvalue weighted by Gasteiger charge is 2.04. The van der Waals surface area contributed by atoms with Crippen LogP contribution in [0.5, 0.6) is 0 Å². The van der Waals surface area contributed by atoms with Gasteiger partial charge in [-0.2, -0.15) is 4.98 Å². The largest absolute Gasteiger partial charge is 0.366 e. The summed E-state index contributed by atoms with van der Waals surface area (Å²) in [5.41, 5.74) is 6.30. The standard InChI is InChI=1S/C9H7N3O2/c10-8(13)6-1-3-7(4-2-6)9-11-5-12-14-9/h1-5H,(H2,10,13). The monoisotopic (exact) mass is 189 g/mol. The van der Waals surface area contributed by atoms with Gasteiger partial charge in [0.05, 0.1) is 0 Å². The minimum atomic E-state index is -0.456. The van der Waals surface area contributed by atoms with E-state index in [9.17, 15) is 4.79 Å². The summed E-state index contributed by atoms with van der Waals surface area (Å²) in [6.07, 6.45) is 1.32. The van der Waals surface area contributed by atoms with Crippen LogP contribution in [-0.4, -0.2) is 16.0 Å². The molecule has 0 saturated heterocycles. The Bertz CT molecular complexity index is 434. The Morgan fingerprint density at radius 1 is 1.29 bits per heavy atom. The summed E-state index contributed by atoms with van der Waals surface area (Å²) in [5, 5.41) is 3.48. The zero-order valence-corrected chi connectivity index (χ0v) is 7.18. The molecule has 0 unspecified atom stereocenters. The fourth-order valence-corrected chi connectivity index (χ4v) is 1.08. The van der Waals surface area contributed by atoms with E-state index in [1.807, 2.05) is 0 Å². The van der Waals surface area contributed by atoms with Crippen molar-refractivity contribution in [2.45, 2.75) is 0 Å². The Balaban J connectivity index is 2.36. The highest BCUT2D eigenvalue weighted by molar-refractivity contribution is 5.93. The summed E-state index contributed by atoms with van der Waals surface area (Å²) in [6, 6.07) is 6.63. The average Bonchev–Trinajstić information content (AvgIpc) is 2.71. The molecule has 0 aliphatic heterocycles. The summed E-state index contributed by atoms with van der Waals surface area (Å²) in [7, 11) is 0. The molecule has 0 radical (unpaired) electrons. The third-order valence-corrected chi connectivity index (χ3v) is 1.78. The maximum absolute atomic E-state index is 10.8. The molecule has 1 aromatic carbocycles. The SMILES string of the molecule is NC(=O)c1ccc(-c2ncno2)cc1. The summed E-state index contributed by atoms with van der Waals surface area (Å²) in [5.74, 6) is -0.0388. The molecule has 5 nitrogen and oxygen atoms in total. The molecule has 0 saturated carbocycles. The average molecular weight is 189 g/mol. The predicted octanol–water partition coefficient (Wildman–Crippen LogP) is 0.836. The number of nitrogens with zero attached hydrogens (tertiary/aromatic N) is 2. The van der Waals surface area contributed by atoms with Crippen molar-refractivity contribution in [3.63, 3.8) is 0 Å². The first-order valence-electron chi connectivity index (χ1n) is 3.94. The minimum Gasteiger partial charge on any atom is -0.366 e. The van der Waals surface area contributed by atoms with Crippen LogP contribution in [0.1, 0.15) is 10.4 Å². The molecule has 70 valence electrons. The molecule has 1 heterocycles. The van der Waals surface area contributed by atoms with Crippen molar-refractivity contribution < 1.29 is 9.32 Å². The molecule has 1 amide bonds. The predicted molar refractivity (Wildman–Crippen MR) is 48.3 cm³/mol. The van der Waals surface area contributed by atoms with Crippen LogP contribution in [0.25, 0.3) is 11.5 Å². The van der Waals surface area contributed by atoms with Crippen LogP contribution in [0.4, 0.5) is 0 Å². The van der Waals surface area contributed by atoms with E-state index in [1.165, 1.54) is 6.33 Å². The summed E-state index contributed by atoms with van der Waals surface area (Å²) < 4.78 is 4.84. The number of aromatic nitrogens is 2. The number of amides is 1. The number of carbonyl (C=O) groups excluding carboxylic acids is 1. The van der Waals surface area contributed by atoms with Crippen LogP contribution in [-0.2, 0) is 0 Å². The molecule has 5 heteroatoms. The number of primary amides is 1. The zero-order valence-electron chi connectivity index (χ0n) is 7.18. The second-order valence-corrected chi connectivity index (χ2v) is 2.69. The Hall–Kier alpha value is -2.17. The second-order valence-electron chi connectivity index (χ2n) is 2.69. The molecule has 0 atom stereocenters. The van der Waals surface area contributed by atoms with Crippen molar-refractivity contribution in [3.05, 3.63) is 36.2 Å². The lowest BCUT2D eigenvalue weighted by Gasteiger charge is -1.96. The molecular formula is C9H7N3O2. The van der Waals surface area contributed by atoms with Gasteiger partial charge >= 0.3 is 0 Å². The lowest BCUT2D eigenvalue weighted by atomic mass is 10.1. The van der Waals surface area contributed by atoms with Crippen molar-refractivity contribution in [2.75, 3.05) is 0 Å².